The minimum atomic E-state index is -0.123. The summed E-state index contributed by atoms with van der Waals surface area (Å²) in [6, 6.07) is 5.47. The average Bonchev–Trinajstić information content (AvgIpc) is 2.75. The van der Waals surface area contributed by atoms with E-state index in [0.717, 1.165) is 11.1 Å². The van der Waals surface area contributed by atoms with Crippen molar-refractivity contribution in [1.29, 1.82) is 0 Å². The van der Waals surface area contributed by atoms with Gasteiger partial charge >= 0.3 is 0 Å². The van der Waals surface area contributed by atoms with Crippen molar-refractivity contribution in [3.8, 4) is 0 Å². The Hall–Kier alpha value is -1.81. The Balaban J connectivity index is 2.08. The highest BCUT2D eigenvalue weighted by Gasteiger charge is 2.10. The largest absolute Gasteiger partial charge is 0.398 e. The molecule has 3 N–H and O–H groups in total. The molecule has 94 valence electrons. The minimum absolute atomic E-state index is 0.123. The van der Waals surface area contributed by atoms with Gasteiger partial charge in [0.1, 0.15) is 0 Å². The number of carbonyl (C=O) groups is 1. The predicted octanol–water partition coefficient (Wildman–Crippen LogP) is 2.88. The quantitative estimate of drug-likeness (QED) is 0.834. The van der Waals surface area contributed by atoms with E-state index in [1.807, 2.05) is 26.0 Å². The zero-order valence-electron chi connectivity index (χ0n) is 10.5. The van der Waals surface area contributed by atoms with Crippen LogP contribution in [0.1, 0.15) is 27.0 Å². The summed E-state index contributed by atoms with van der Waals surface area (Å²) in [4.78, 5) is 12.0. The maximum absolute atomic E-state index is 12.0. The van der Waals surface area contributed by atoms with Crippen LogP contribution in [0.5, 0.6) is 0 Å². The molecule has 0 atom stereocenters. The van der Waals surface area contributed by atoms with Gasteiger partial charge in [0.2, 0.25) is 0 Å². The second-order valence-corrected chi connectivity index (χ2v) is 5.10. The number of rotatable bonds is 3. The molecule has 0 unspecified atom stereocenters. The number of carbonyl (C=O) groups excluding carboxylic acids is 1. The van der Waals surface area contributed by atoms with Crippen molar-refractivity contribution in [1.82, 2.24) is 5.32 Å². The molecule has 0 aliphatic heterocycles. The maximum atomic E-state index is 12.0. The van der Waals surface area contributed by atoms with Gasteiger partial charge < -0.3 is 11.1 Å². The molecular formula is C14H16N2OS. The van der Waals surface area contributed by atoms with Gasteiger partial charge in [-0.15, -0.1) is 0 Å². The van der Waals surface area contributed by atoms with Gasteiger partial charge in [0.15, 0.2) is 0 Å². The summed E-state index contributed by atoms with van der Waals surface area (Å²) in [5.41, 5.74) is 10.3. The van der Waals surface area contributed by atoms with Crippen molar-refractivity contribution >= 4 is 22.9 Å². The predicted molar refractivity (Wildman–Crippen MR) is 75.8 cm³/mol. The Morgan fingerprint density at radius 2 is 2.11 bits per heavy atom. The van der Waals surface area contributed by atoms with E-state index in [2.05, 4.69) is 16.1 Å². The summed E-state index contributed by atoms with van der Waals surface area (Å²) >= 11 is 1.64. The number of aryl methyl sites for hydroxylation is 2. The third kappa shape index (κ3) is 2.71. The van der Waals surface area contributed by atoms with Crippen LogP contribution in [0.15, 0.2) is 29.0 Å². The fraction of sp³-hybridized carbons (Fsp3) is 0.214. The van der Waals surface area contributed by atoms with Gasteiger partial charge in [-0.3, -0.25) is 4.79 Å². The van der Waals surface area contributed by atoms with Crippen LogP contribution < -0.4 is 11.1 Å². The lowest BCUT2D eigenvalue weighted by Gasteiger charge is -2.08. The molecular weight excluding hydrogens is 244 g/mol. The van der Waals surface area contributed by atoms with Crippen LogP contribution >= 0.6 is 11.3 Å². The Bertz CT molecular complexity index is 575. The van der Waals surface area contributed by atoms with E-state index in [9.17, 15) is 4.79 Å². The lowest BCUT2D eigenvalue weighted by atomic mass is 10.1. The number of nitrogens with one attached hydrogen (secondary N) is 1. The molecule has 1 aromatic heterocycles. The Kier molecular flexibility index (Phi) is 3.67. The molecule has 1 aromatic carbocycles. The molecule has 1 amide bonds. The number of nitrogens with two attached hydrogens (primary N) is 1. The lowest BCUT2D eigenvalue weighted by Crippen LogP contribution is -2.24. The van der Waals surface area contributed by atoms with Crippen molar-refractivity contribution in [2.75, 3.05) is 5.73 Å². The molecule has 4 heteroatoms. The third-order valence-electron chi connectivity index (χ3n) is 2.85. The summed E-state index contributed by atoms with van der Waals surface area (Å²) in [7, 11) is 0. The zero-order valence-corrected chi connectivity index (χ0v) is 11.3. The fourth-order valence-electron chi connectivity index (χ4n) is 1.71. The Labute approximate surface area is 111 Å². The van der Waals surface area contributed by atoms with E-state index >= 15 is 0 Å². The first-order valence-corrected chi connectivity index (χ1v) is 6.68. The maximum Gasteiger partial charge on any atom is 0.253 e. The van der Waals surface area contributed by atoms with Gasteiger partial charge in [-0.1, -0.05) is 11.6 Å². The molecule has 0 spiro atoms. The number of thiophene rings is 1. The first-order valence-electron chi connectivity index (χ1n) is 5.74. The van der Waals surface area contributed by atoms with Crippen LogP contribution in [0.4, 0.5) is 5.69 Å². The van der Waals surface area contributed by atoms with Crippen molar-refractivity contribution in [2.45, 2.75) is 20.4 Å². The van der Waals surface area contributed by atoms with Crippen molar-refractivity contribution in [3.63, 3.8) is 0 Å². The molecule has 0 fully saturated rings. The molecule has 0 aliphatic rings. The van der Waals surface area contributed by atoms with Crippen LogP contribution in [0, 0.1) is 13.8 Å². The van der Waals surface area contributed by atoms with E-state index in [0.29, 0.717) is 17.8 Å². The fourth-order valence-corrected chi connectivity index (χ4v) is 2.56. The van der Waals surface area contributed by atoms with Crippen LogP contribution in [0.2, 0.25) is 0 Å². The number of amides is 1. The van der Waals surface area contributed by atoms with Gasteiger partial charge in [-0.05, 0) is 47.9 Å². The van der Waals surface area contributed by atoms with Crippen molar-refractivity contribution in [2.24, 2.45) is 0 Å². The van der Waals surface area contributed by atoms with Gasteiger partial charge in [0, 0.05) is 12.2 Å². The summed E-state index contributed by atoms with van der Waals surface area (Å²) in [6.45, 7) is 4.53. The highest BCUT2D eigenvalue weighted by Crippen LogP contribution is 2.15. The van der Waals surface area contributed by atoms with E-state index in [-0.39, 0.29) is 5.91 Å². The first kappa shape index (κ1) is 12.6. The van der Waals surface area contributed by atoms with Crippen LogP contribution in [-0.4, -0.2) is 5.91 Å². The number of nitrogen functional groups attached to an aromatic ring is 1. The lowest BCUT2D eigenvalue weighted by molar-refractivity contribution is 0.0951. The number of anilines is 1. The molecule has 2 rings (SSSR count). The smallest absolute Gasteiger partial charge is 0.253 e. The van der Waals surface area contributed by atoms with E-state index < -0.39 is 0 Å². The number of hydrogen-bond donors (Lipinski definition) is 2. The molecule has 0 radical (unpaired) electrons. The number of hydrogen-bond acceptors (Lipinski definition) is 3. The molecule has 0 bridgehead atoms. The second kappa shape index (κ2) is 5.23. The Morgan fingerprint density at radius 3 is 2.78 bits per heavy atom. The van der Waals surface area contributed by atoms with Gasteiger partial charge in [-0.25, -0.2) is 0 Å². The Morgan fingerprint density at radius 1 is 1.33 bits per heavy atom. The molecule has 3 nitrogen and oxygen atoms in total. The van der Waals surface area contributed by atoms with E-state index in [1.54, 1.807) is 17.4 Å². The normalized spacial score (nSPS) is 10.3. The average molecular weight is 260 g/mol. The minimum Gasteiger partial charge on any atom is -0.398 e. The van der Waals surface area contributed by atoms with Crippen molar-refractivity contribution in [3.05, 3.63) is 51.2 Å². The second-order valence-electron chi connectivity index (χ2n) is 4.35. The third-order valence-corrected chi connectivity index (χ3v) is 3.76. The van der Waals surface area contributed by atoms with Crippen LogP contribution in [-0.2, 0) is 6.54 Å². The van der Waals surface area contributed by atoms with Crippen LogP contribution in [0.25, 0.3) is 0 Å². The van der Waals surface area contributed by atoms with Crippen LogP contribution in [0.3, 0.4) is 0 Å². The number of benzene rings is 1. The topological polar surface area (TPSA) is 55.1 Å². The summed E-state index contributed by atoms with van der Waals surface area (Å²) < 4.78 is 0. The molecule has 18 heavy (non-hydrogen) atoms. The summed E-state index contributed by atoms with van der Waals surface area (Å²) in [5, 5.41) is 7.02. The van der Waals surface area contributed by atoms with Gasteiger partial charge in [0.25, 0.3) is 5.91 Å². The van der Waals surface area contributed by atoms with E-state index in [4.69, 9.17) is 5.73 Å². The molecule has 0 saturated heterocycles. The van der Waals surface area contributed by atoms with Gasteiger partial charge in [0.05, 0.1) is 5.56 Å². The molecule has 0 saturated carbocycles. The molecule has 0 aliphatic carbocycles. The van der Waals surface area contributed by atoms with E-state index in [1.165, 1.54) is 5.56 Å². The molecule has 2 aromatic rings. The first-order chi connectivity index (χ1) is 8.58. The standard InChI is InChI=1S/C14H16N2OS/c1-9-3-4-13(15)12(5-9)14(17)16-6-11-8-18-7-10(11)2/h3-5,7-8H,6,15H2,1-2H3,(H,16,17). The zero-order chi connectivity index (χ0) is 13.1. The SMILES string of the molecule is Cc1ccc(N)c(C(=O)NCc2cscc2C)c1. The molecule has 1 heterocycles. The highest BCUT2D eigenvalue weighted by atomic mass is 32.1. The summed E-state index contributed by atoms with van der Waals surface area (Å²) in [5.74, 6) is -0.123. The van der Waals surface area contributed by atoms with Gasteiger partial charge in [-0.2, -0.15) is 11.3 Å². The summed E-state index contributed by atoms with van der Waals surface area (Å²) in [6.07, 6.45) is 0. The highest BCUT2D eigenvalue weighted by molar-refractivity contribution is 7.08. The van der Waals surface area contributed by atoms with Crippen molar-refractivity contribution < 1.29 is 4.79 Å². The monoisotopic (exact) mass is 260 g/mol.